The molecule has 21 heavy (non-hydrogen) atoms. The average Bonchev–Trinajstić information content (AvgIpc) is 2.91. The van der Waals surface area contributed by atoms with Crippen LogP contribution in [0.4, 0.5) is 0 Å². The maximum Gasteiger partial charge on any atom is 0.137 e. The van der Waals surface area contributed by atoms with E-state index in [1.165, 1.54) is 35.1 Å². The zero-order valence-corrected chi connectivity index (χ0v) is 13.5. The van der Waals surface area contributed by atoms with Crippen molar-refractivity contribution in [2.75, 3.05) is 0 Å². The Morgan fingerprint density at radius 2 is 1.48 bits per heavy atom. The quantitative estimate of drug-likeness (QED) is 0.630. The van der Waals surface area contributed by atoms with Gasteiger partial charge < -0.3 is 4.42 Å². The second-order valence-electron chi connectivity index (χ2n) is 8.10. The Balaban J connectivity index is 1.99. The summed E-state index contributed by atoms with van der Waals surface area (Å²) in [5.74, 6) is 1.11. The van der Waals surface area contributed by atoms with Crippen LogP contribution in [0.5, 0.6) is 0 Å². The first-order chi connectivity index (χ1) is 9.88. The van der Waals surface area contributed by atoms with Gasteiger partial charge in [-0.25, -0.2) is 0 Å². The summed E-state index contributed by atoms with van der Waals surface area (Å²) in [6, 6.07) is 7.05. The van der Waals surface area contributed by atoms with Crippen molar-refractivity contribution in [1.29, 1.82) is 0 Å². The predicted octanol–water partition coefficient (Wildman–Crippen LogP) is 5.39. The molecule has 0 aliphatic heterocycles. The molecule has 1 aromatic carbocycles. The molecule has 0 radical (unpaired) electrons. The molecule has 0 unspecified atom stereocenters. The molecule has 0 spiro atoms. The van der Waals surface area contributed by atoms with Crippen LogP contribution in [0.1, 0.15) is 62.8 Å². The van der Waals surface area contributed by atoms with Crippen molar-refractivity contribution in [3.05, 3.63) is 46.7 Å². The Hall–Kier alpha value is -1.50. The minimum absolute atomic E-state index is 0.268. The first kappa shape index (κ1) is 13.2. The van der Waals surface area contributed by atoms with E-state index >= 15 is 0 Å². The molecule has 0 N–H and O–H groups in total. The molecular formula is C20H24O. The van der Waals surface area contributed by atoms with E-state index in [1.54, 1.807) is 5.56 Å². The highest BCUT2D eigenvalue weighted by molar-refractivity contribution is 5.71. The Labute approximate surface area is 127 Å². The molecule has 0 amide bonds. The number of benzene rings is 1. The summed E-state index contributed by atoms with van der Waals surface area (Å²) in [5.41, 5.74) is 7.84. The number of hydrogen-bond acceptors (Lipinski definition) is 1. The van der Waals surface area contributed by atoms with Crippen molar-refractivity contribution in [1.82, 2.24) is 0 Å². The highest BCUT2D eigenvalue weighted by Gasteiger charge is 2.38. The Bertz CT molecular complexity index is 715. The fraction of sp³-hybridized carbons (Fsp3) is 0.500. The molecule has 2 aliphatic carbocycles. The van der Waals surface area contributed by atoms with Crippen molar-refractivity contribution in [3.63, 3.8) is 0 Å². The van der Waals surface area contributed by atoms with Gasteiger partial charge in [0.15, 0.2) is 0 Å². The molecule has 1 nitrogen and oxygen atoms in total. The van der Waals surface area contributed by atoms with Crippen LogP contribution in [0.2, 0.25) is 0 Å². The highest BCUT2D eigenvalue weighted by atomic mass is 16.3. The Morgan fingerprint density at radius 3 is 2.19 bits per heavy atom. The van der Waals surface area contributed by atoms with Gasteiger partial charge in [0.2, 0.25) is 0 Å². The van der Waals surface area contributed by atoms with Crippen LogP contribution in [-0.4, -0.2) is 0 Å². The molecule has 2 aromatic rings. The fourth-order valence-electron chi connectivity index (χ4n) is 4.12. The maximum atomic E-state index is 5.79. The van der Waals surface area contributed by atoms with Crippen LogP contribution in [0.15, 0.2) is 28.9 Å². The second-order valence-corrected chi connectivity index (χ2v) is 8.10. The molecule has 1 aromatic heterocycles. The summed E-state index contributed by atoms with van der Waals surface area (Å²) >= 11 is 0. The number of aryl methyl sites for hydroxylation is 2. The molecule has 0 saturated heterocycles. The topological polar surface area (TPSA) is 13.1 Å². The van der Waals surface area contributed by atoms with Crippen molar-refractivity contribution >= 4 is 0 Å². The zero-order valence-electron chi connectivity index (χ0n) is 13.5. The summed E-state index contributed by atoms with van der Waals surface area (Å²) < 4.78 is 5.79. The van der Waals surface area contributed by atoms with E-state index in [0.717, 1.165) is 18.6 Å². The van der Waals surface area contributed by atoms with Crippen LogP contribution >= 0.6 is 0 Å². The van der Waals surface area contributed by atoms with Crippen LogP contribution in [-0.2, 0) is 23.7 Å². The smallest absolute Gasteiger partial charge is 0.137 e. The van der Waals surface area contributed by atoms with Gasteiger partial charge in [-0.15, -0.1) is 0 Å². The van der Waals surface area contributed by atoms with E-state index in [4.69, 9.17) is 4.42 Å². The van der Waals surface area contributed by atoms with E-state index in [-0.39, 0.29) is 5.41 Å². The SMILES string of the molecule is CC1(C)CCC(C)(C)c2cc3c(cc21)CCc1ccoc1-3. The van der Waals surface area contributed by atoms with Crippen molar-refractivity contribution in [3.8, 4) is 11.3 Å². The molecule has 2 aliphatic rings. The van der Waals surface area contributed by atoms with Crippen LogP contribution < -0.4 is 0 Å². The van der Waals surface area contributed by atoms with Gasteiger partial charge in [0.1, 0.15) is 5.76 Å². The normalized spacial score (nSPS) is 21.3. The van der Waals surface area contributed by atoms with Gasteiger partial charge in [0.05, 0.1) is 6.26 Å². The maximum absolute atomic E-state index is 5.79. The van der Waals surface area contributed by atoms with E-state index in [1.807, 2.05) is 6.26 Å². The number of hydrogen-bond donors (Lipinski definition) is 0. The van der Waals surface area contributed by atoms with E-state index < -0.39 is 0 Å². The van der Waals surface area contributed by atoms with Crippen LogP contribution in [0.3, 0.4) is 0 Å². The number of furan rings is 1. The summed E-state index contributed by atoms with van der Waals surface area (Å²) in [6.07, 6.45) is 6.63. The molecule has 0 bridgehead atoms. The first-order valence-electron chi connectivity index (χ1n) is 8.13. The summed E-state index contributed by atoms with van der Waals surface area (Å²) in [6.45, 7) is 9.57. The molecule has 0 saturated carbocycles. The lowest BCUT2D eigenvalue weighted by Gasteiger charge is -2.42. The first-order valence-corrected chi connectivity index (χ1v) is 8.13. The Morgan fingerprint density at radius 1 is 0.857 bits per heavy atom. The van der Waals surface area contributed by atoms with E-state index in [0.29, 0.717) is 5.41 Å². The largest absolute Gasteiger partial charge is 0.464 e. The van der Waals surface area contributed by atoms with Gasteiger partial charge in [-0.1, -0.05) is 33.8 Å². The number of rotatable bonds is 0. The molecule has 110 valence electrons. The van der Waals surface area contributed by atoms with Gasteiger partial charge in [0.25, 0.3) is 0 Å². The van der Waals surface area contributed by atoms with Gasteiger partial charge >= 0.3 is 0 Å². The lowest BCUT2D eigenvalue weighted by molar-refractivity contribution is 0.331. The summed E-state index contributed by atoms with van der Waals surface area (Å²) in [4.78, 5) is 0. The van der Waals surface area contributed by atoms with Gasteiger partial charge in [-0.05, 0) is 70.9 Å². The predicted molar refractivity (Wildman–Crippen MR) is 86.8 cm³/mol. The molecule has 1 heteroatoms. The zero-order chi connectivity index (χ0) is 14.8. The summed E-state index contributed by atoms with van der Waals surface area (Å²) in [5, 5.41) is 0. The molecule has 1 heterocycles. The van der Waals surface area contributed by atoms with Gasteiger partial charge in [-0.2, -0.15) is 0 Å². The van der Waals surface area contributed by atoms with Crippen LogP contribution in [0, 0.1) is 0 Å². The van der Waals surface area contributed by atoms with E-state index in [2.05, 4.69) is 45.9 Å². The van der Waals surface area contributed by atoms with Crippen molar-refractivity contribution < 1.29 is 4.42 Å². The van der Waals surface area contributed by atoms with Gasteiger partial charge in [-0.3, -0.25) is 0 Å². The molecular weight excluding hydrogens is 256 g/mol. The summed E-state index contributed by atoms with van der Waals surface area (Å²) in [7, 11) is 0. The monoisotopic (exact) mass is 280 g/mol. The Kier molecular flexibility index (Phi) is 2.53. The van der Waals surface area contributed by atoms with E-state index in [9.17, 15) is 0 Å². The van der Waals surface area contributed by atoms with Crippen molar-refractivity contribution in [2.24, 2.45) is 0 Å². The molecule has 0 fully saturated rings. The van der Waals surface area contributed by atoms with Crippen LogP contribution in [0.25, 0.3) is 11.3 Å². The number of fused-ring (bicyclic) bond motifs is 4. The molecule has 4 rings (SSSR count). The standard InChI is InChI=1S/C20H24O/c1-19(2)8-9-20(3,4)17-12-15-14(11-16(17)19)6-5-13-7-10-21-18(13)15/h7,10-12H,5-6,8-9H2,1-4H3. The highest BCUT2D eigenvalue weighted by Crippen LogP contribution is 2.48. The lowest BCUT2D eigenvalue weighted by atomic mass is 9.62. The second kappa shape index (κ2) is 4.03. The third-order valence-electron chi connectivity index (χ3n) is 5.73. The fourth-order valence-corrected chi connectivity index (χ4v) is 4.12. The third kappa shape index (κ3) is 1.83. The minimum atomic E-state index is 0.268. The average molecular weight is 280 g/mol. The minimum Gasteiger partial charge on any atom is -0.464 e. The molecule has 0 atom stereocenters. The lowest BCUT2D eigenvalue weighted by Crippen LogP contribution is -2.34. The third-order valence-corrected chi connectivity index (χ3v) is 5.73. The van der Waals surface area contributed by atoms with Crippen molar-refractivity contribution in [2.45, 2.75) is 64.2 Å². The van der Waals surface area contributed by atoms with Gasteiger partial charge in [0, 0.05) is 5.56 Å².